The van der Waals surface area contributed by atoms with Crippen LogP contribution in [0.4, 0.5) is 31.8 Å². The van der Waals surface area contributed by atoms with Gasteiger partial charge in [-0.3, -0.25) is 43.3 Å². The Morgan fingerprint density at radius 2 is 1.00 bits per heavy atom. The first-order valence-electron chi connectivity index (χ1n) is 37.8. The van der Waals surface area contributed by atoms with Crippen molar-refractivity contribution in [2.24, 2.45) is 47.3 Å². The average molecular weight is 1650 g/mol. The van der Waals surface area contributed by atoms with E-state index in [-0.39, 0.29) is 57.4 Å². The monoisotopic (exact) mass is 1650 g/mol. The molecule has 0 spiro atoms. The number of amides is 3. The third-order valence-electron chi connectivity index (χ3n) is 15.0. The minimum atomic E-state index is -3.38. The van der Waals surface area contributed by atoms with Gasteiger partial charge in [-0.1, -0.05) is 195 Å². The molecule has 624 valence electrons. The lowest BCUT2D eigenvalue weighted by Gasteiger charge is -2.18. The highest BCUT2D eigenvalue weighted by Crippen LogP contribution is 2.27. The molecule has 3 heterocycles. The normalized spacial score (nSPS) is 10.6. The van der Waals surface area contributed by atoms with Gasteiger partial charge < -0.3 is 20.7 Å². The highest BCUT2D eigenvalue weighted by atomic mass is 35.5. The van der Waals surface area contributed by atoms with E-state index in [1.54, 1.807) is 123 Å². The Morgan fingerprint density at radius 3 is 1.47 bits per heavy atom. The second-order valence-electron chi connectivity index (χ2n) is 29.6. The van der Waals surface area contributed by atoms with Crippen molar-refractivity contribution in [3.63, 3.8) is 0 Å². The molecule has 0 saturated carbocycles. The summed E-state index contributed by atoms with van der Waals surface area (Å²) >= 11 is 6.92. The number of pyridine rings is 3. The van der Waals surface area contributed by atoms with Crippen LogP contribution in [-0.2, 0) is 33.4 Å². The number of sulfone groups is 1. The molecular weight excluding hydrogens is 1540 g/mol. The summed E-state index contributed by atoms with van der Waals surface area (Å²) in [5, 5.41) is 16.8. The Balaban J connectivity index is 0.000000663. The molecule has 116 heavy (non-hydrogen) atoms. The van der Waals surface area contributed by atoms with Gasteiger partial charge in [0.2, 0.25) is 11.8 Å². The van der Waals surface area contributed by atoms with Gasteiger partial charge in [0, 0.05) is 108 Å². The van der Waals surface area contributed by atoms with Crippen molar-refractivity contribution in [2.45, 2.75) is 171 Å². The van der Waals surface area contributed by atoms with Crippen molar-refractivity contribution in [2.75, 3.05) is 36.4 Å². The lowest BCUT2D eigenvalue weighted by molar-refractivity contribution is -0.160. The third-order valence-corrected chi connectivity index (χ3v) is 17.2. The number of ether oxygens (including phenoxy) is 1. The van der Waals surface area contributed by atoms with Crippen molar-refractivity contribution in [3.8, 4) is 11.8 Å². The minimum absolute atomic E-state index is 0.0444. The zero-order valence-electron chi connectivity index (χ0n) is 70.0. The van der Waals surface area contributed by atoms with E-state index < -0.39 is 27.6 Å². The molecule has 0 bridgehead atoms. The zero-order valence-corrected chi connectivity index (χ0v) is 72.3. The molecule has 5 aromatic carbocycles. The molecule has 0 atom stereocenters. The first-order valence-corrected chi connectivity index (χ1v) is 40.8. The van der Waals surface area contributed by atoms with Crippen LogP contribution in [0.2, 0.25) is 5.02 Å². The fourth-order valence-corrected chi connectivity index (χ4v) is 11.1. The van der Waals surface area contributed by atoms with E-state index in [2.05, 4.69) is 40.6 Å². The Bertz CT molecular complexity index is 4550. The summed E-state index contributed by atoms with van der Waals surface area (Å²) in [5.74, 6) is -1.59. The molecule has 8 aromatic rings. The molecular formula is C90H113ClF2N8O13S2. The van der Waals surface area contributed by atoms with Gasteiger partial charge in [0.05, 0.1) is 66.3 Å². The highest BCUT2D eigenvalue weighted by Gasteiger charge is 2.42. The first kappa shape index (κ1) is 103. The van der Waals surface area contributed by atoms with Crippen LogP contribution in [0.15, 0.2) is 198 Å². The number of aromatic nitrogens is 3. The SMILES string of the molecule is CC(C)C(F)(F)C(=O)Nc1ccccn1.CC(C)CC(=O)Nc1cccnc1.CC(C)CC(=O)Nc1ncccc1Cl.CC(C)CC(=O)c1ccccc1C#N.CC(C)CC(=O)c1ccccc1S(C)(=O)=O.COOSc1cccc(C(=O)CC(C)C)c1.COc1ccc(C(=O)CC(C)C)cc1.[C-]#[N+]c1cccc(C(=O)CC(C)C)c1. The number of nitriles is 1. The second kappa shape index (κ2) is 55.9. The smallest absolute Gasteiger partial charge is 0.327 e. The van der Waals surface area contributed by atoms with Crippen molar-refractivity contribution >= 4 is 103 Å². The summed E-state index contributed by atoms with van der Waals surface area (Å²) in [7, 11) is -0.274. The van der Waals surface area contributed by atoms with Crippen LogP contribution in [0.25, 0.3) is 4.85 Å². The van der Waals surface area contributed by atoms with E-state index in [1.807, 2.05) is 158 Å². The zero-order chi connectivity index (χ0) is 87.7. The number of rotatable bonds is 29. The Labute approximate surface area is 694 Å². The molecule has 0 saturated heterocycles. The minimum Gasteiger partial charge on any atom is -0.497 e. The van der Waals surface area contributed by atoms with E-state index in [1.165, 1.54) is 39.3 Å². The molecule has 3 N–H and O–H groups in total. The predicted octanol–water partition coefficient (Wildman–Crippen LogP) is 22.1. The number of alkyl halides is 2. The quantitative estimate of drug-likeness (QED) is 0.0129. The van der Waals surface area contributed by atoms with Gasteiger partial charge in [0.25, 0.3) is 5.91 Å². The van der Waals surface area contributed by atoms with Crippen molar-refractivity contribution in [1.82, 2.24) is 15.0 Å². The molecule has 3 amide bonds. The van der Waals surface area contributed by atoms with Crippen LogP contribution < -0.4 is 20.7 Å². The topological polar surface area (TPSA) is 301 Å². The molecule has 21 nitrogen and oxygen atoms in total. The third kappa shape index (κ3) is 44.4. The standard InChI is InChI=1S/2C12H13NO.2C12H16O3S.C12H16O2.C10H13ClN2O.C10H12F2N2O.C10H14N2O/c1-9(2)7-12(14)10-5-4-6-11(8-10)13-3;1-9(2)7-12(14)11-6-4-3-5-10(11)8-13;1-9(2)7-12(13)10-5-4-6-11(8-10)16-15-14-3;1-9(2)8-11(13)10-6-4-5-7-12(10)16(3,14)15;1-9(2)8-12(13)10-4-6-11(14-3)7-5-10;1-7(2)6-9(14)13-10-8(11)4-3-5-12-10;1-7(2)10(11,12)9(15)14-8-5-3-4-6-13-8;1-8(2)6-10(13)12-9-4-3-5-11-7-9/h4-6,8-9H,7H2,1-2H3;3-6,9H,7H2,1-2H3;4-6,8-9H,7H2,1-3H3;4-7,9H,8H2,1-3H3;4-7,9H,8H2,1-3H3;3-5,7H,6H2,1-2H3,(H,12,13,14);3-7H,1-2H3,(H,13,14,15);3-5,7-8H,6H2,1-2H3,(H,12,13). The van der Waals surface area contributed by atoms with E-state index in [9.17, 15) is 55.6 Å². The summed E-state index contributed by atoms with van der Waals surface area (Å²) in [4.78, 5) is 113. The summed E-state index contributed by atoms with van der Waals surface area (Å²) < 4.78 is 59.1. The molecule has 26 heteroatoms. The Kier molecular flexibility index (Phi) is 49.8. The number of anilines is 3. The van der Waals surface area contributed by atoms with Gasteiger partial charge in [-0.2, -0.15) is 18.4 Å². The van der Waals surface area contributed by atoms with E-state index >= 15 is 0 Å². The number of carbonyl (C=O) groups excluding carboxylic acids is 8. The Hall–Kier alpha value is -10.5. The fourth-order valence-electron chi connectivity index (χ4n) is 9.54. The highest BCUT2D eigenvalue weighted by molar-refractivity contribution is 7.94. The average Bonchev–Trinajstić information content (AvgIpc) is 0.811. The maximum Gasteiger partial charge on any atom is 0.327 e. The summed E-state index contributed by atoms with van der Waals surface area (Å²) in [6.45, 7) is 37.4. The Morgan fingerprint density at radius 1 is 0.526 bits per heavy atom. The number of hydrogen-bond acceptors (Lipinski definition) is 18. The van der Waals surface area contributed by atoms with Gasteiger partial charge in [0.1, 0.15) is 11.6 Å². The van der Waals surface area contributed by atoms with E-state index in [4.69, 9.17) is 32.5 Å². The number of halogens is 3. The number of benzene rings is 5. The van der Waals surface area contributed by atoms with Gasteiger partial charge in [-0.05, 0) is 132 Å². The number of nitrogens with one attached hydrogen (secondary N) is 3. The molecule has 3 aromatic heterocycles. The van der Waals surface area contributed by atoms with Crippen LogP contribution >= 0.6 is 23.6 Å². The van der Waals surface area contributed by atoms with Gasteiger partial charge in [0.15, 0.2) is 50.3 Å². The van der Waals surface area contributed by atoms with Gasteiger partial charge in [-0.25, -0.2) is 28.1 Å². The van der Waals surface area contributed by atoms with Crippen LogP contribution in [-0.4, -0.2) is 96.4 Å². The molecule has 0 fully saturated rings. The largest absolute Gasteiger partial charge is 0.497 e. The first-order chi connectivity index (χ1) is 54.6. The molecule has 8 rings (SSSR count). The molecule has 0 radical (unpaired) electrons. The lowest BCUT2D eigenvalue weighted by atomic mass is 9.98. The van der Waals surface area contributed by atoms with E-state index in [0.717, 1.165) is 45.8 Å². The summed E-state index contributed by atoms with van der Waals surface area (Å²) in [5.41, 5.74) is 4.73. The number of carbonyl (C=O) groups is 8. The van der Waals surface area contributed by atoms with Crippen molar-refractivity contribution in [1.29, 1.82) is 5.26 Å². The number of methoxy groups -OCH3 is 1. The van der Waals surface area contributed by atoms with E-state index in [0.29, 0.717) is 119 Å². The predicted molar refractivity (Wildman–Crippen MR) is 458 cm³/mol. The number of Topliss-reactive ketones (excluding diaryl/α,β-unsaturated/α-hetero) is 5. The summed E-state index contributed by atoms with van der Waals surface area (Å²) in [6, 6.07) is 48.5. The van der Waals surface area contributed by atoms with Crippen LogP contribution in [0.5, 0.6) is 5.75 Å². The molecule has 0 aliphatic rings. The molecule has 0 unspecified atom stereocenters. The van der Waals surface area contributed by atoms with Gasteiger partial charge in [-0.15, -0.1) is 0 Å². The van der Waals surface area contributed by atoms with Crippen molar-refractivity contribution < 1.29 is 69.5 Å². The summed E-state index contributed by atoms with van der Waals surface area (Å²) in [6.07, 6.45) is 11.1. The maximum absolute atomic E-state index is 13.2. The fraction of sp³-hybridized carbons (Fsp3) is 0.389. The number of hydrogen-bond donors (Lipinski definition) is 3. The number of ketones is 5. The van der Waals surface area contributed by atoms with Crippen LogP contribution in [0.1, 0.15) is 213 Å². The van der Waals surface area contributed by atoms with Crippen LogP contribution in [0.3, 0.4) is 0 Å². The molecule has 0 aliphatic carbocycles. The number of nitrogens with zero attached hydrogens (tertiary/aromatic N) is 5. The second-order valence-corrected chi connectivity index (χ2v) is 32.7. The van der Waals surface area contributed by atoms with Crippen molar-refractivity contribution in [3.05, 3.63) is 238 Å². The van der Waals surface area contributed by atoms with Crippen LogP contribution in [0, 0.1) is 65.2 Å². The van der Waals surface area contributed by atoms with Gasteiger partial charge >= 0.3 is 5.92 Å². The molecule has 0 aliphatic heterocycles. The lowest BCUT2D eigenvalue weighted by Crippen LogP contribution is -2.39. The maximum atomic E-state index is 13.2.